The second-order valence-corrected chi connectivity index (χ2v) is 9.49. The van der Waals surface area contributed by atoms with E-state index in [4.69, 9.17) is 5.73 Å². The van der Waals surface area contributed by atoms with Crippen LogP contribution in [0.3, 0.4) is 0 Å². The van der Waals surface area contributed by atoms with E-state index in [1.54, 1.807) is 6.07 Å². The van der Waals surface area contributed by atoms with Crippen molar-refractivity contribution in [1.29, 1.82) is 0 Å². The number of aliphatic hydroxyl groups is 1. The number of aromatic hydroxyl groups is 2. The van der Waals surface area contributed by atoms with Crippen LogP contribution in [-0.4, -0.2) is 38.3 Å². The Morgan fingerprint density at radius 1 is 1.29 bits per heavy atom. The number of benzene rings is 1. The quantitative estimate of drug-likeness (QED) is 0.338. The Kier molecular flexibility index (Phi) is 4.64. The molecule has 0 radical (unpaired) electrons. The van der Waals surface area contributed by atoms with Crippen LogP contribution in [0.15, 0.2) is 6.07 Å². The maximum Gasteiger partial charge on any atom is 0.329 e. The summed E-state index contributed by atoms with van der Waals surface area (Å²) < 4.78 is 0. The van der Waals surface area contributed by atoms with Crippen molar-refractivity contribution < 1.29 is 25.2 Å². The van der Waals surface area contributed by atoms with E-state index in [-0.39, 0.29) is 34.5 Å². The molecule has 4 rings (SSSR count). The number of thiol groups is 1. The normalized spacial score (nSPS) is 36.1. The van der Waals surface area contributed by atoms with Crippen LogP contribution in [0.1, 0.15) is 61.6 Å². The van der Waals surface area contributed by atoms with E-state index in [1.807, 2.05) is 0 Å². The molecular weight excluding hydrogens is 378 g/mol. The minimum Gasteiger partial charge on any atom is -0.504 e. The van der Waals surface area contributed by atoms with Crippen molar-refractivity contribution in [3.63, 3.8) is 0 Å². The van der Waals surface area contributed by atoms with Crippen LogP contribution in [0.4, 0.5) is 0 Å². The molecule has 1 unspecified atom stereocenters. The molecule has 0 aromatic heterocycles. The molecule has 7 heteroatoms. The largest absolute Gasteiger partial charge is 0.504 e. The number of aliphatic carboxylic acids is 1. The van der Waals surface area contributed by atoms with Gasteiger partial charge in [0.1, 0.15) is 0 Å². The van der Waals surface area contributed by atoms with E-state index >= 15 is 0 Å². The Morgan fingerprint density at radius 2 is 2.00 bits per heavy atom. The number of fused-ring (bicyclic) bond motifs is 5. The third-order valence-corrected chi connectivity index (χ3v) is 8.54. The Balaban J connectivity index is 1.82. The second-order valence-electron chi connectivity index (χ2n) is 9.18. The van der Waals surface area contributed by atoms with Crippen LogP contribution >= 0.6 is 12.6 Å². The minimum atomic E-state index is -1.88. The summed E-state index contributed by atoms with van der Waals surface area (Å²) in [4.78, 5) is 11.8. The van der Waals surface area contributed by atoms with Crippen LogP contribution in [0.5, 0.6) is 11.5 Å². The Labute approximate surface area is 170 Å². The summed E-state index contributed by atoms with van der Waals surface area (Å²) in [5, 5.41) is 41.4. The fourth-order valence-electron chi connectivity index (χ4n) is 6.28. The topological polar surface area (TPSA) is 124 Å². The molecule has 2 fully saturated rings. The summed E-state index contributed by atoms with van der Waals surface area (Å²) in [6, 6.07) is 1.69. The molecule has 1 aromatic rings. The van der Waals surface area contributed by atoms with E-state index in [1.165, 1.54) is 0 Å². The van der Waals surface area contributed by atoms with Gasteiger partial charge in [0.25, 0.3) is 0 Å². The zero-order chi connectivity index (χ0) is 20.4. The van der Waals surface area contributed by atoms with Crippen LogP contribution in [0, 0.1) is 17.3 Å². The summed E-state index contributed by atoms with van der Waals surface area (Å²) >= 11 is 4.10. The smallest absolute Gasteiger partial charge is 0.329 e. The highest BCUT2D eigenvalue weighted by molar-refractivity contribution is 7.80. The van der Waals surface area contributed by atoms with E-state index < -0.39 is 17.3 Å². The van der Waals surface area contributed by atoms with Crippen molar-refractivity contribution in [3.05, 3.63) is 22.8 Å². The van der Waals surface area contributed by atoms with Gasteiger partial charge in [0.05, 0.1) is 6.10 Å². The first-order chi connectivity index (χ1) is 13.1. The van der Waals surface area contributed by atoms with Gasteiger partial charge in [0.2, 0.25) is 0 Å². The van der Waals surface area contributed by atoms with Crippen LogP contribution in [0.25, 0.3) is 0 Å². The molecule has 0 saturated heterocycles. The number of phenols is 2. The number of nitrogens with two attached hydrogens (primary N) is 1. The summed E-state index contributed by atoms with van der Waals surface area (Å²) in [5.74, 6) is -1.21. The lowest BCUT2D eigenvalue weighted by atomic mass is 9.55. The first-order valence-corrected chi connectivity index (χ1v) is 10.7. The van der Waals surface area contributed by atoms with Gasteiger partial charge in [-0.25, -0.2) is 4.79 Å². The molecule has 6 nitrogen and oxygen atoms in total. The summed E-state index contributed by atoms with van der Waals surface area (Å²) in [6.45, 7) is 2.19. The molecular formula is C21H29NO5S. The maximum atomic E-state index is 11.8. The van der Waals surface area contributed by atoms with E-state index in [0.29, 0.717) is 23.8 Å². The fourth-order valence-corrected chi connectivity index (χ4v) is 6.59. The molecule has 0 spiro atoms. The standard InChI is InChI=1S/C21H29NO5S/c1-20-7-6-10-11(14(20)4-5-16(20)23)2-3-12-13(10)8-15(18(25)17(12)24)21(22,9-28)19(26)27/h8,10-11,14,16,23-25,28H,2-7,9,22H2,1H3,(H,26,27)/t10-,11+,14-,16-,20-,21?/m0/s1. The molecule has 1 aromatic carbocycles. The number of carboxylic acid groups (broad SMARTS) is 1. The van der Waals surface area contributed by atoms with Gasteiger partial charge in [-0.1, -0.05) is 6.92 Å². The van der Waals surface area contributed by atoms with Crippen molar-refractivity contribution in [3.8, 4) is 11.5 Å². The van der Waals surface area contributed by atoms with Crippen molar-refractivity contribution in [2.24, 2.45) is 23.0 Å². The van der Waals surface area contributed by atoms with Crippen molar-refractivity contribution in [2.75, 3.05) is 5.75 Å². The van der Waals surface area contributed by atoms with E-state index in [9.17, 15) is 25.2 Å². The van der Waals surface area contributed by atoms with Gasteiger partial charge < -0.3 is 26.2 Å². The lowest BCUT2D eigenvalue weighted by Crippen LogP contribution is -2.47. The molecule has 2 saturated carbocycles. The predicted molar refractivity (Wildman–Crippen MR) is 108 cm³/mol. The molecule has 3 aliphatic rings. The van der Waals surface area contributed by atoms with Gasteiger partial charge in [0.15, 0.2) is 17.0 Å². The Morgan fingerprint density at radius 3 is 2.64 bits per heavy atom. The monoisotopic (exact) mass is 407 g/mol. The number of rotatable bonds is 3. The third kappa shape index (κ3) is 2.52. The van der Waals surface area contributed by atoms with E-state index in [2.05, 4.69) is 19.6 Å². The maximum absolute atomic E-state index is 11.8. The first-order valence-electron chi connectivity index (χ1n) is 10.0. The fraction of sp³-hybridized carbons (Fsp3) is 0.667. The van der Waals surface area contributed by atoms with Gasteiger partial charge in [0, 0.05) is 16.9 Å². The highest BCUT2D eigenvalue weighted by atomic mass is 32.1. The molecule has 154 valence electrons. The predicted octanol–water partition coefficient (Wildman–Crippen LogP) is 2.48. The zero-order valence-electron chi connectivity index (χ0n) is 16.1. The van der Waals surface area contributed by atoms with Gasteiger partial charge in [-0.3, -0.25) is 0 Å². The number of carbonyl (C=O) groups is 1. The van der Waals surface area contributed by atoms with Crippen molar-refractivity contribution in [2.45, 2.75) is 63.0 Å². The lowest BCUT2D eigenvalue weighted by molar-refractivity contribution is -0.142. The average molecular weight is 408 g/mol. The number of hydrogen-bond donors (Lipinski definition) is 6. The molecule has 0 aliphatic heterocycles. The van der Waals surface area contributed by atoms with Gasteiger partial charge in [-0.05, 0) is 73.3 Å². The molecule has 28 heavy (non-hydrogen) atoms. The van der Waals surface area contributed by atoms with Crippen LogP contribution in [-0.2, 0) is 16.8 Å². The number of phenolic OH excluding ortho intramolecular Hbond substituents is 2. The molecule has 6 N–H and O–H groups in total. The zero-order valence-corrected chi connectivity index (χ0v) is 17.0. The highest BCUT2D eigenvalue weighted by Crippen LogP contribution is 2.62. The second kappa shape index (κ2) is 6.54. The van der Waals surface area contributed by atoms with Crippen molar-refractivity contribution >= 4 is 18.6 Å². The Hall–Kier alpha value is -1.44. The van der Waals surface area contributed by atoms with Crippen LogP contribution < -0.4 is 5.73 Å². The number of hydrogen-bond acceptors (Lipinski definition) is 6. The number of aliphatic hydroxyl groups excluding tert-OH is 1. The summed E-state index contributed by atoms with van der Waals surface area (Å²) in [5.41, 5.74) is 5.77. The third-order valence-electron chi connectivity index (χ3n) is 8.04. The first kappa shape index (κ1) is 19.9. The molecule has 6 atom stereocenters. The summed E-state index contributed by atoms with van der Waals surface area (Å²) in [7, 11) is 0. The average Bonchev–Trinajstić information content (AvgIpc) is 2.98. The van der Waals surface area contributed by atoms with Gasteiger partial charge >= 0.3 is 5.97 Å². The highest BCUT2D eigenvalue weighted by Gasteiger charge is 2.55. The lowest BCUT2D eigenvalue weighted by Gasteiger charge is -2.50. The molecule has 0 amide bonds. The minimum absolute atomic E-state index is 0.0201. The molecule has 3 aliphatic carbocycles. The number of carboxylic acids is 1. The van der Waals surface area contributed by atoms with E-state index in [0.717, 1.165) is 37.7 Å². The van der Waals surface area contributed by atoms with Crippen LogP contribution in [0.2, 0.25) is 0 Å². The summed E-state index contributed by atoms with van der Waals surface area (Å²) in [6.07, 6.45) is 4.86. The Bertz CT molecular complexity index is 830. The molecule has 0 bridgehead atoms. The SMILES string of the molecule is C[C@]12CC[C@@H]3c4cc(C(N)(CS)C(=O)O)c(O)c(O)c4CC[C@H]3[C@@H]1CC[C@@H]2O. The van der Waals surface area contributed by atoms with Crippen molar-refractivity contribution in [1.82, 2.24) is 0 Å². The van der Waals surface area contributed by atoms with Gasteiger partial charge in [-0.15, -0.1) is 0 Å². The van der Waals surface area contributed by atoms with Gasteiger partial charge in [-0.2, -0.15) is 12.6 Å². The molecule has 0 heterocycles.